The van der Waals surface area contributed by atoms with E-state index in [1.165, 1.54) is 12.3 Å². The molecule has 7 heteroatoms. The summed E-state index contributed by atoms with van der Waals surface area (Å²) in [7, 11) is 5.44. The first kappa shape index (κ1) is 10.7. The van der Waals surface area contributed by atoms with Crippen LogP contribution in [0.15, 0.2) is 24.4 Å². The molecular formula is C9H5BClN3O2. The van der Waals surface area contributed by atoms with E-state index in [2.05, 4.69) is 10.1 Å². The molecule has 5 nitrogen and oxygen atoms in total. The molecule has 2 aromatic heterocycles. The van der Waals surface area contributed by atoms with Crippen LogP contribution in [0.2, 0.25) is 5.02 Å². The molecule has 0 amide bonds. The second-order valence-corrected chi connectivity index (χ2v) is 3.39. The topological polar surface area (TPSA) is 68.0 Å². The maximum atomic E-state index is 10.9. The lowest BCUT2D eigenvalue weighted by atomic mass is 10.1. The Hall–Kier alpha value is -1.82. The van der Waals surface area contributed by atoms with Gasteiger partial charge in [0.05, 0.1) is 5.02 Å². The fourth-order valence-corrected chi connectivity index (χ4v) is 1.45. The third-order valence-electron chi connectivity index (χ3n) is 1.89. The lowest BCUT2D eigenvalue weighted by molar-refractivity contribution is 0.0687. The van der Waals surface area contributed by atoms with Gasteiger partial charge in [-0.05, 0) is 18.2 Å². The van der Waals surface area contributed by atoms with Crippen LogP contribution in [0.25, 0.3) is 5.82 Å². The zero-order chi connectivity index (χ0) is 11.7. The Labute approximate surface area is 97.1 Å². The van der Waals surface area contributed by atoms with Crippen molar-refractivity contribution in [3.63, 3.8) is 0 Å². The van der Waals surface area contributed by atoms with Crippen LogP contribution in [0.5, 0.6) is 0 Å². The minimum Gasteiger partial charge on any atom is -0.477 e. The molecule has 2 radical (unpaired) electrons. The normalized spacial score (nSPS) is 10.3. The summed E-state index contributed by atoms with van der Waals surface area (Å²) in [4.78, 5) is 14.9. The highest BCUT2D eigenvalue weighted by Gasteiger charge is 2.16. The van der Waals surface area contributed by atoms with Gasteiger partial charge in [0.25, 0.3) is 0 Å². The molecule has 0 atom stereocenters. The Morgan fingerprint density at radius 1 is 1.56 bits per heavy atom. The smallest absolute Gasteiger partial charge is 0.354 e. The van der Waals surface area contributed by atoms with E-state index in [-0.39, 0.29) is 17.1 Å². The third-order valence-corrected chi connectivity index (χ3v) is 2.18. The van der Waals surface area contributed by atoms with Gasteiger partial charge in [0.2, 0.25) is 0 Å². The summed E-state index contributed by atoms with van der Waals surface area (Å²) in [5.41, 5.74) is 0.0113. The molecule has 0 aliphatic rings. The molecule has 2 rings (SSSR count). The van der Waals surface area contributed by atoms with Crippen LogP contribution < -0.4 is 5.59 Å². The van der Waals surface area contributed by atoms with Gasteiger partial charge >= 0.3 is 5.97 Å². The molecule has 2 aromatic rings. The molecule has 0 saturated heterocycles. The maximum absolute atomic E-state index is 10.9. The summed E-state index contributed by atoms with van der Waals surface area (Å²) >= 11 is 5.89. The van der Waals surface area contributed by atoms with Gasteiger partial charge in [-0.1, -0.05) is 11.6 Å². The number of carbonyl (C=O) groups is 1. The molecule has 16 heavy (non-hydrogen) atoms. The Kier molecular flexibility index (Phi) is 2.66. The summed E-state index contributed by atoms with van der Waals surface area (Å²) in [5, 5.41) is 13.1. The van der Waals surface area contributed by atoms with Crippen molar-refractivity contribution in [3.8, 4) is 5.82 Å². The molecule has 0 saturated carbocycles. The predicted molar refractivity (Wildman–Crippen MR) is 58.7 cm³/mol. The van der Waals surface area contributed by atoms with E-state index in [4.69, 9.17) is 24.6 Å². The Morgan fingerprint density at radius 2 is 2.31 bits per heavy atom. The van der Waals surface area contributed by atoms with Crippen LogP contribution in [-0.4, -0.2) is 33.7 Å². The van der Waals surface area contributed by atoms with Crippen molar-refractivity contribution in [2.75, 3.05) is 0 Å². The largest absolute Gasteiger partial charge is 0.477 e. The minimum absolute atomic E-state index is 0.0851. The van der Waals surface area contributed by atoms with Crippen LogP contribution in [-0.2, 0) is 0 Å². The fourth-order valence-electron chi connectivity index (χ4n) is 1.25. The van der Waals surface area contributed by atoms with Crippen molar-refractivity contribution in [2.24, 2.45) is 0 Å². The SMILES string of the molecule is [B]c1cc(C(=O)O)n(-c2ncccc2Cl)n1. The zero-order valence-corrected chi connectivity index (χ0v) is 8.72. The minimum atomic E-state index is -1.15. The highest BCUT2D eigenvalue weighted by molar-refractivity contribution is 6.32. The molecular weight excluding hydrogens is 228 g/mol. The van der Waals surface area contributed by atoms with Gasteiger partial charge in [0, 0.05) is 11.8 Å². The first-order valence-electron chi connectivity index (χ1n) is 4.29. The lowest BCUT2D eigenvalue weighted by Crippen LogP contribution is -2.11. The third kappa shape index (κ3) is 1.79. The van der Waals surface area contributed by atoms with Crippen LogP contribution >= 0.6 is 11.6 Å². The summed E-state index contributed by atoms with van der Waals surface area (Å²) in [6, 6.07) is 4.47. The predicted octanol–water partition coefficient (Wildman–Crippen LogP) is 0.413. The number of hydrogen-bond donors (Lipinski definition) is 1. The first-order chi connectivity index (χ1) is 7.59. The molecule has 78 valence electrons. The Morgan fingerprint density at radius 3 is 2.94 bits per heavy atom. The van der Waals surface area contributed by atoms with Crippen molar-refractivity contribution in [2.45, 2.75) is 0 Å². The van der Waals surface area contributed by atoms with Gasteiger partial charge in [0.1, 0.15) is 7.85 Å². The number of hydrogen-bond acceptors (Lipinski definition) is 3. The van der Waals surface area contributed by atoms with Gasteiger partial charge in [-0.3, -0.25) is 0 Å². The fraction of sp³-hybridized carbons (Fsp3) is 0. The van der Waals surface area contributed by atoms with E-state index in [0.29, 0.717) is 5.02 Å². The number of carboxylic acids is 1. The van der Waals surface area contributed by atoms with Gasteiger partial charge in [-0.25, -0.2) is 14.5 Å². The highest BCUT2D eigenvalue weighted by atomic mass is 35.5. The Balaban J connectivity index is 2.64. The zero-order valence-electron chi connectivity index (χ0n) is 7.96. The highest BCUT2D eigenvalue weighted by Crippen LogP contribution is 2.17. The van der Waals surface area contributed by atoms with Gasteiger partial charge < -0.3 is 5.11 Å². The van der Waals surface area contributed by atoms with Crippen LogP contribution in [0.1, 0.15) is 10.5 Å². The second kappa shape index (κ2) is 3.98. The number of nitrogens with zero attached hydrogens (tertiary/aromatic N) is 3. The van der Waals surface area contributed by atoms with Gasteiger partial charge in [0.15, 0.2) is 11.5 Å². The molecule has 1 N–H and O–H groups in total. The van der Waals surface area contributed by atoms with E-state index in [1.807, 2.05) is 0 Å². The summed E-state index contributed by atoms with van der Waals surface area (Å²) in [6.07, 6.45) is 1.49. The summed E-state index contributed by atoms with van der Waals surface area (Å²) in [5.74, 6) is -0.913. The van der Waals surface area contributed by atoms with Crippen molar-refractivity contribution in [1.29, 1.82) is 0 Å². The molecule has 0 aromatic carbocycles. The quantitative estimate of drug-likeness (QED) is 0.763. The number of carboxylic acid groups (broad SMARTS) is 1. The maximum Gasteiger partial charge on any atom is 0.354 e. The van der Waals surface area contributed by atoms with Crippen LogP contribution in [0.4, 0.5) is 0 Å². The van der Waals surface area contributed by atoms with Crippen molar-refractivity contribution in [1.82, 2.24) is 14.8 Å². The van der Waals surface area contributed by atoms with E-state index >= 15 is 0 Å². The van der Waals surface area contributed by atoms with E-state index < -0.39 is 5.97 Å². The van der Waals surface area contributed by atoms with Crippen LogP contribution in [0, 0.1) is 0 Å². The lowest BCUT2D eigenvalue weighted by Gasteiger charge is -2.04. The summed E-state index contributed by atoms with van der Waals surface area (Å²) in [6.45, 7) is 0. The number of aromatic carboxylic acids is 1. The molecule has 0 bridgehead atoms. The standard InChI is InChI=1S/C9H5BClN3O2/c10-7-4-6(9(15)16)14(13-7)8-5(11)2-1-3-12-8/h1-4H,(H,15,16). The summed E-state index contributed by atoms with van der Waals surface area (Å²) < 4.78 is 1.10. The van der Waals surface area contributed by atoms with E-state index in [1.54, 1.807) is 12.1 Å². The van der Waals surface area contributed by atoms with E-state index in [9.17, 15) is 4.79 Å². The Bertz CT molecular complexity index is 555. The van der Waals surface area contributed by atoms with Gasteiger partial charge in [-0.15, -0.1) is 0 Å². The molecule has 0 spiro atoms. The van der Waals surface area contributed by atoms with Crippen molar-refractivity contribution < 1.29 is 9.90 Å². The molecule has 2 heterocycles. The molecule has 0 fully saturated rings. The van der Waals surface area contributed by atoms with Crippen molar-refractivity contribution >= 4 is 31.0 Å². The average molecular weight is 233 g/mol. The average Bonchev–Trinajstić information content (AvgIpc) is 2.61. The van der Waals surface area contributed by atoms with Crippen LogP contribution in [0.3, 0.4) is 0 Å². The second-order valence-electron chi connectivity index (χ2n) is 2.98. The molecule has 0 aliphatic carbocycles. The monoisotopic (exact) mass is 233 g/mol. The van der Waals surface area contributed by atoms with E-state index in [0.717, 1.165) is 4.68 Å². The molecule has 0 aliphatic heterocycles. The number of pyridine rings is 1. The van der Waals surface area contributed by atoms with Crippen molar-refractivity contribution in [3.05, 3.63) is 35.1 Å². The van der Waals surface area contributed by atoms with Gasteiger partial charge in [-0.2, -0.15) is 5.10 Å². The first-order valence-corrected chi connectivity index (χ1v) is 4.67. The number of rotatable bonds is 2. The number of aromatic nitrogens is 3. The number of halogens is 1. The molecule has 0 unspecified atom stereocenters.